The van der Waals surface area contributed by atoms with Gasteiger partial charge in [0.2, 0.25) is 5.91 Å². The molecule has 7 heteroatoms. The minimum Gasteiger partial charge on any atom is -0.497 e. The van der Waals surface area contributed by atoms with Crippen LogP contribution in [0, 0.1) is 0 Å². The number of ether oxygens (including phenoxy) is 2. The van der Waals surface area contributed by atoms with Crippen LogP contribution in [0.2, 0.25) is 0 Å². The summed E-state index contributed by atoms with van der Waals surface area (Å²) in [5, 5.41) is 2.94. The third-order valence-corrected chi connectivity index (χ3v) is 6.99. The molecule has 3 aromatic carbocycles. The molecule has 2 heterocycles. The first-order valence-electron chi connectivity index (χ1n) is 12.0. The SMILES string of the molecule is COc1ccc(N2C(=O)[C@](NC(C)=O)(c3ccccc3)[C@H]2CCC(=O)C2Cc3ccccc3O2)cc1. The molecule has 5 rings (SSSR count). The number of para-hydroxylation sites is 1. The summed E-state index contributed by atoms with van der Waals surface area (Å²) in [6, 6.07) is 23.6. The molecule has 3 atom stereocenters. The maximum atomic E-state index is 13.8. The van der Waals surface area contributed by atoms with Crippen molar-refractivity contribution < 1.29 is 23.9 Å². The van der Waals surface area contributed by atoms with Crippen molar-refractivity contribution >= 4 is 23.3 Å². The number of carbonyl (C=O) groups excluding carboxylic acids is 3. The van der Waals surface area contributed by atoms with Crippen molar-refractivity contribution in [2.75, 3.05) is 12.0 Å². The van der Waals surface area contributed by atoms with Gasteiger partial charge in [-0.1, -0.05) is 48.5 Å². The average molecular weight is 485 g/mol. The number of fused-ring (bicyclic) bond motifs is 1. The van der Waals surface area contributed by atoms with Crippen LogP contribution in [0.4, 0.5) is 5.69 Å². The minimum absolute atomic E-state index is 0.0231. The first-order chi connectivity index (χ1) is 17.4. The van der Waals surface area contributed by atoms with E-state index < -0.39 is 17.7 Å². The van der Waals surface area contributed by atoms with E-state index in [1.54, 1.807) is 24.1 Å². The lowest BCUT2D eigenvalue weighted by Crippen LogP contribution is -2.78. The van der Waals surface area contributed by atoms with Crippen LogP contribution in [-0.4, -0.2) is 36.9 Å². The molecule has 0 saturated carbocycles. The lowest BCUT2D eigenvalue weighted by atomic mass is 9.70. The molecule has 0 aliphatic carbocycles. The number of β-lactam (4-membered cyclic amide) rings is 1. The van der Waals surface area contributed by atoms with Gasteiger partial charge in [0.1, 0.15) is 11.5 Å². The Bertz CT molecular complexity index is 1270. The van der Waals surface area contributed by atoms with Gasteiger partial charge < -0.3 is 19.7 Å². The highest BCUT2D eigenvalue weighted by molar-refractivity contribution is 6.11. The van der Waals surface area contributed by atoms with Gasteiger partial charge in [-0.3, -0.25) is 14.4 Å². The van der Waals surface area contributed by atoms with E-state index in [9.17, 15) is 14.4 Å². The number of carbonyl (C=O) groups is 3. The predicted molar refractivity (Wildman–Crippen MR) is 135 cm³/mol. The average Bonchev–Trinajstić information content (AvgIpc) is 3.34. The van der Waals surface area contributed by atoms with Gasteiger partial charge >= 0.3 is 0 Å². The third-order valence-electron chi connectivity index (χ3n) is 6.99. The van der Waals surface area contributed by atoms with Crippen LogP contribution in [-0.2, 0) is 26.3 Å². The van der Waals surface area contributed by atoms with Crippen molar-refractivity contribution in [3.8, 4) is 11.5 Å². The number of amides is 2. The zero-order chi connectivity index (χ0) is 25.3. The van der Waals surface area contributed by atoms with Crippen LogP contribution in [0.5, 0.6) is 11.5 Å². The quantitative estimate of drug-likeness (QED) is 0.492. The number of nitrogens with one attached hydrogen (secondary N) is 1. The molecule has 1 N–H and O–H groups in total. The van der Waals surface area contributed by atoms with E-state index in [0.29, 0.717) is 29.8 Å². The van der Waals surface area contributed by atoms with Gasteiger partial charge in [-0.2, -0.15) is 0 Å². The fraction of sp³-hybridized carbons (Fsp3) is 0.276. The highest BCUT2D eigenvalue weighted by Crippen LogP contribution is 2.45. The first-order valence-corrected chi connectivity index (χ1v) is 12.0. The Balaban J connectivity index is 1.44. The van der Waals surface area contributed by atoms with Gasteiger partial charge in [-0.05, 0) is 47.9 Å². The summed E-state index contributed by atoms with van der Waals surface area (Å²) in [5.74, 6) is 0.840. The van der Waals surface area contributed by atoms with Crippen molar-refractivity contribution in [2.45, 2.75) is 43.9 Å². The normalized spacial score (nSPS) is 22.3. The van der Waals surface area contributed by atoms with Gasteiger partial charge in [-0.15, -0.1) is 0 Å². The maximum Gasteiger partial charge on any atom is 0.259 e. The lowest BCUT2D eigenvalue weighted by molar-refractivity contribution is -0.141. The number of anilines is 1. The monoisotopic (exact) mass is 484 g/mol. The summed E-state index contributed by atoms with van der Waals surface area (Å²) in [5.41, 5.74) is 1.13. The molecular formula is C29H28N2O5. The summed E-state index contributed by atoms with van der Waals surface area (Å²) < 4.78 is 11.2. The molecule has 0 bridgehead atoms. The van der Waals surface area contributed by atoms with Crippen LogP contribution >= 0.6 is 0 Å². The smallest absolute Gasteiger partial charge is 0.259 e. The molecule has 36 heavy (non-hydrogen) atoms. The molecule has 1 saturated heterocycles. The zero-order valence-corrected chi connectivity index (χ0v) is 20.3. The number of benzene rings is 3. The van der Waals surface area contributed by atoms with Crippen LogP contribution in [0.25, 0.3) is 0 Å². The second-order valence-electron chi connectivity index (χ2n) is 9.17. The van der Waals surface area contributed by atoms with E-state index in [1.807, 2.05) is 66.7 Å². The molecule has 0 radical (unpaired) electrons. The number of hydrogen-bond donors (Lipinski definition) is 1. The van der Waals surface area contributed by atoms with Crippen LogP contribution in [0.15, 0.2) is 78.9 Å². The molecule has 2 aliphatic rings. The first kappa shape index (κ1) is 23.6. The van der Waals surface area contributed by atoms with Gasteiger partial charge in [0.15, 0.2) is 17.4 Å². The summed E-state index contributed by atoms with van der Waals surface area (Å²) in [7, 11) is 1.58. The third kappa shape index (κ3) is 4.00. The molecule has 7 nitrogen and oxygen atoms in total. The zero-order valence-electron chi connectivity index (χ0n) is 20.3. The molecule has 0 spiro atoms. The lowest BCUT2D eigenvalue weighted by Gasteiger charge is -2.56. The molecule has 1 fully saturated rings. The van der Waals surface area contributed by atoms with Gasteiger partial charge in [-0.25, -0.2) is 0 Å². The molecule has 0 aromatic heterocycles. The number of methoxy groups -OCH3 is 1. The fourth-order valence-electron chi connectivity index (χ4n) is 5.29. The topological polar surface area (TPSA) is 84.9 Å². The fourth-order valence-corrected chi connectivity index (χ4v) is 5.29. The van der Waals surface area contributed by atoms with Crippen molar-refractivity contribution in [2.24, 2.45) is 0 Å². The molecule has 2 amide bonds. The van der Waals surface area contributed by atoms with Crippen LogP contribution in [0.1, 0.15) is 30.9 Å². The van der Waals surface area contributed by atoms with E-state index in [-0.39, 0.29) is 24.0 Å². The van der Waals surface area contributed by atoms with Crippen molar-refractivity contribution in [3.63, 3.8) is 0 Å². The molecule has 1 unspecified atom stereocenters. The van der Waals surface area contributed by atoms with Crippen LogP contribution < -0.4 is 19.7 Å². The number of rotatable bonds is 8. The molecule has 184 valence electrons. The summed E-state index contributed by atoms with van der Waals surface area (Å²) >= 11 is 0. The standard InChI is InChI=1S/C29H28N2O5/c1-19(32)30-29(21-9-4-3-5-10-21)27(31(28(29)34)22-12-14-23(35-2)15-13-22)17-16-24(33)26-18-20-8-6-7-11-25(20)36-26/h3-15,26-27H,16-18H2,1-2H3,(H,30,32)/t26?,27-,29+/m1/s1. The Labute approximate surface area is 210 Å². The second-order valence-corrected chi connectivity index (χ2v) is 9.17. The number of ketones is 1. The van der Waals surface area contributed by atoms with E-state index in [1.165, 1.54) is 6.92 Å². The van der Waals surface area contributed by atoms with E-state index in [4.69, 9.17) is 9.47 Å². The number of hydrogen-bond acceptors (Lipinski definition) is 5. The number of Topliss-reactive ketones (excluding diaryl/α,β-unsaturated/α-hetero) is 1. The summed E-state index contributed by atoms with van der Waals surface area (Å²) in [4.78, 5) is 41.0. The largest absolute Gasteiger partial charge is 0.497 e. The Hall–Kier alpha value is -4.13. The highest BCUT2D eigenvalue weighted by Gasteiger charge is 2.62. The van der Waals surface area contributed by atoms with Crippen molar-refractivity contribution in [1.82, 2.24) is 5.32 Å². The molecular weight excluding hydrogens is 456 g/mol. The molecule has 3 aromatic rings. The van der Waals surface area contributed by atoms with Gasteiger partial charge in [0.05, 0.1) is 13.2 Å². The number of nitrogens with zero attached hydrogens (tertiary/aromatic N) is 1. The van der Waals surface area contributed by atoms with Gasteiger partial charge in [0, 0.05) is 25.5 Å². The van der Waals surface area contributed by atoms with Gasteiger partial charge in [0.25, 0.3) is 5.91 Å². The van der Waals surface area contributed by atoms with Crippen molar-refractivity contribution in [3.05, 3.63) is 90.0 Å². The Morgan fingerprint density at radius 2 is 1.72 bits per heavy atom. The Kier molecular flexibility index (Phi) is 6.22. The maximum absolute atomic E-state index is 13.8. The minimum atomic E-state index is -1.26. The summed E-state index contributed by atoms with van der Waals surface area (Å²) in [6.07, 6.45) is 0.565. The molecule has 2 aliphatic heterocycles. The highest BCUT2D eigenvalue weighted by atomic mass is 16.5. The van der Waals surface area contributed by atoms with E-state index in [2.05, 4.69) is 5.32 Å². The Morgan fingerprint density at radius 1 is 1.03 bits per heavy atom. The predicted octanol–water partition coefficient (Wildman–Crippen LogP) is 3.80. The van der Waals surface area contributed by atoms with Crippen molar-refractivity contribution in [1.29, 1.82) is 0 Å². The van der Waals surface area contributed by atoms with E-state index >= 15 is 0 Å². The second kappa shape index (κ2) is 9.49. The Morgan fingerprint density at radius 3 is 2.39 bits per heavy atom. The summed E-state index contributed by atoms with van der Waals surface area (Å²) in [6.45, 7) is 1.40. The van der Waals surface area contributed by atoms with E-state index in [0.717, 1.165) is 11.3 Å². The van der Waals surface area contributed by atoms with Crippen LogP contribution in [0.3, 0.4) is 0 Å².